The molecule has 0 saturated carbocycles. The van der Waals surface area contributed by atoms with Crippen LogP contribution in [0.25, 0.3) is 0 Å². The van der Waals surface area contributed by atoms with Crippen molar-refractivity contribution in [2.45, 2.75) is 6.92 Å². The summed E-state index contributed by atoms with van der Waals surface area (Å²) >= 11 is 0. The average Bonchev–Trinajstić information content (AvgIpc) is 1.88. The fourth-order valence-electron chi connectivity index (χ4n) is 0.753. The van der Waals surface area contributed by atoms with E-state index in [-0.39, 0.29) is 5.91 Å². The molecule has 1 aliphatic rings. The smallest absolute Gasteiger partial charge is 0.235 e. The second-order valence-corrected chi connectivity index (χ2v) is 2.09. The van der Waals surface area contributed by atoms with Crippen LogP contribution < -0.4 is 5.43 Å². The van der Waals surface area contributed by atoms with Crippen molar-refractivity contribution in [2.24, 2.45) is 0 Å². The Morgan fingerprint density at radius 1 is 1.60 bits per heavy atom. The fourth-order valence-corrected chi connectivity index (χ4v) is 0.753. The van der Waals surface area contributed by atoms with Gasteiger partial charge in [0.15, 0.2) is 0 Å². The van der Waals surface area contributed by atoms with Gasteiger partial charge in [-0.05, 0) is 6.08 Å². The van der Waals surface area contributed by atoms with Crippen LogP contribution in [0.5, 0.6) is 0 Å². The molecule has 0 aliphatic carbocycles. The lowest BCUT2D eigenvalue weighted by Gasteiger charge is -2.19. The van der Waals surface area contributed by atoms with Gasteiger partial charge in [-0.25, -0.2) is 0 Å². The van der Waals surface area contributed by atoms with Crippen LogP contribution in [0.15, 0.2) is 24.4 Å². The maximum Gasteiger partial charge on any atom is 0.235 e. The second kappa shape index (κ2) is 3.06. The van der Waals surface area contributed by atoms with Gasteiger partial charge in [0.25, 0.3) is 0 Å². The topological polar surface area (TPSA) is 32.3 Å². The van der Waals surface area contributed by atoms with Crippen molar-refractivity contribution in [3.05, 3.63) is 24.4 Å². The number of amides is 1. The van der Waals surface area contributed by atoms with Gasteiger partial charge in [-0.2, -0.15) is 0 Å². The molecule has 0 saturated heterocycles. The third-order valence-corrected chi connectivity index (χ3v) is 1.12. The number of allylic oxidation sites excluding steroid dienone is 2. The van der Waals surface area contributed by atoms with Gasteiger partial charge in [0.1, 0.15) is 0 Å². The summed E-state index contributed by atoms with van der Waals surface area (Å²) < 4.78 is 0. The summed E-state index contributed by atoms with van der Waals surface area (Å²) in [5.41, 5.74) is 2.64. The molecule has 0 aromatic heterocycles. The van der Waals surface area contributed by atoms with Gasteiger partial charge < -0.3 is 0 Å². The minimum Gasteiger partial charge on any atom is -0.289 e. The first-order valence-corrected chi connectivity index (χ1v) is 3.16. The lowest BCUT2D eigenvalue weighted by Crippen LogP contribution is -2.37. The molecule has 1 aliphatic heterocycles. The minimum atomic E-state index is -0.0417. The lowest BCUT2D eigenvalue weighted by molar-refractivity contribution is -0.122. The first-order valence-electron chi connectivity index (χ1n) is 3.16. The molecule has 54 valence electrons. The molecule has 0 fully saturated rings. The molecule has 3 heteroatoms. The molecule has 0 aromatic rings. The van der Waals surface area contributed by atoms with Gasteiger partial charge >= 0.3 is 0 Å². The van der Waals surface area contributed by atoms with Gasteiger partial charge in [0, 0.05) is 13.1 Å². The molecular weight excluding hydrogens is 128 g/mol. The van der Waals surface area contributed by atoms with Crippen LogP contribution in [0.4, 0.5) is 0 Å². The highest BCUT2D eigenvalue weighted by molar-refractivity contribution is 5.72. The van der Waals surface area contributed by atoms with Gasteiger partial charge in [-0.1, -0.05) is 12.2 Å². The standard InChI is InChI=1S/C7H10N2O/c1-7(10)8-9-5-3-2-4-6-9/h2-5H,6H2,1H3,(H,8,10). The van der Waals surface area contributed by atoms with Crippen LogP contribution in [0.2, 0.25) is 0 Å². The number of nitrogens with one attached hydrogen (secondary N) is 1. The Morgan fingerprint density at radius 2 is 2.40 bits per heavy atom. The molecule has 1 rings (SSSR count). The van der Waals surface area contributed by atoms with E-state index in [4.69, 9.17) is 0 Å². The Hall–Kier alpha value is -1.25. The number of carbonyl (C=O) groups is 1. The van der Waals surface area contributed by atoms with Crippen LogP contribution in [0.3, 0.4) is 0 Å². The second-order valence-electron chi connectivity index (χ2n) is 2.09. The quantitative estimate of drug-likeness (QED) is 0.569. The number of hydrogen-bond donors (Lipinski definition) is 1. The van der Waals surface area contributed by atoms with E-state index in [0.29, 0.717) is 0 Å². The Bertz CT molecular complexity index is 184. The van der Waals surface area contributed by atoms with E-state index in [1.54, 1.807) is 5.01 Å². The van der Waals surface area contributed by atoms with E-state index in [9.17, 15) is 4.79 Å². The van der Waals surface area contributed by atoms with E-state index in [1.165, 1.54) is 6.92 Å². The molecule has 0 atom stereocenters. The molecular formula is C7H10N2O. The Balaban J connectivity index is 2.37. The molecule has 0 unspecified atom stereocenters. The van der Waals surface area contributed by atoms with Gasteiger partial charge in [0.2, 0.25) is 5.91 Å². The first kappa shape index (κ1) is 6.86. The van der Waals surface area contributed by atoms with Crippen molar-refractivity contribution in [1.82, 2.24) is 10.4 Å². The van der Waals surface area contributed by atoms with Crippen molar-refractivity contribution >= 4 is 5.91 Å². The molecule has 1 heterocycles. The zero-order chi connectivity index (χ0) is 7.40. The normalized spacial score (nSPS) is 15.5. The van der Waals surface area contributed by atoms with E-state index < -0.39 is 0 Å². The Labute approximate surface area is 60.0 Å². The summed E-state index contributed by atoms with van der Waals surface area (Å²) in [6.07, 6.45) is 7.61. The van der Waals surface area contributed by atoms with Crippen molar-refractivity contribution in [3.8, 4) is 0 Å². The largest absolute Gasteiger partial charge is 0.289 e. The predicted molar refractivity (Wildman–Crippen MR) is 38.8 cm³/mol. The maximum absolute atomic E-state index is 10.5. The summed E-state index contributed by atoms with van der Waals surface area (Å²) in [7, 11) is 0. The van der Waals surface area contributed by atoms with Crippen LogP contribution in [0, 0.1) is 0 Å². The zero-order valence-electron chi connectivity index (χ0n) is 5.87. The predicted octanol–water partition coefficient (Wildman–Crippen LogP) is 0.423. The van der Waals surface area contributed by atoms with Gasteiger partial charge in [-0.3, -0.25) is 15.2 Å². The minimum absolute atomic E-state index is 0.0417. The van der Waals surface area contributed by atoms with Crippen LogP contribution in [-0.2, 0) is 4.79 Å². The SMILES string of the molecule is CC(=O)NN1C=CC=CC1. The molecule has 3 nitrogen and oxygen atoms in total. The van der Waals surface area contributed by atoms with Crippen molar-refractivity contribution < 1.29 is 4.79 Å². The number of hydrazine groups is 1. The van der Waals surface area contributed by atoms with Crippen molar-refractivity contribution in [3.63, 3.8) is 0 Å². The summed E-state index contributed by atoms with van der Waals surface area (Å²) in [5, 5.41) is 1.72. The summed E-state index contributed by atoms with van der Waals surface area (Å²) in [5.74, 6) is -0.0417. The average molecular weight is 138 g/mol. The van der Waals surface area contributed by atoms with E-state index in [1.807, 2.05) is 24.4 Å². The number of rotatable bonds is 1. The van der Waals surface area contributed by atoms with Crippen LogP contribution >= 0.6 is 0 Å². The van der Waals surface area contributed by atoms with Crippen molar-refractivity contribution in [2.75, 3.05) is 6.54 Å². The third kappa shape index (κ3) is 1.93. The van der Waals surface area contributed by atoms with Crippen molar-refractivity contribution in [1.29, 1.82) is 0 Å². The van der Waals surface area contributed by atoms with E-state index >= 15 is 0 Å². The highest BCUT2D eigenvalue weighted by Gasteiger charge is 1.98. The van der Waals surface area contributed by atoms with E-state index in [0.717, 1.165) is 6.54 Å². The summed E-state index contributed by atoms with van der Waals surface area (Å²) in [6.45, 7) is 2.24. The molecule has 0 aromatic carbocycles. The molecule has 0 radical (unpaired) electrons. The summed E-state index contributed by atoms with van der Waals surface area (Å²) in [6, 6.07) is 0. The zero-order valence-corrected chi connectivity index (χ0v) is 5.87. The first-order chi connectivity index (χ1) is 4.79. The number of hydrogen-bond acceptors (Lipinski definition) is 2. The molecule has 1 amide bonds. The molecule has 0 bridgehead atoms. The molecule has 0 spiro atoms. The van der Waals surface area contributed by atoms with E-state index in [2.05, 4.69) is 5.43 Å². The number of carbonyl (C=O) groups excluding carboxylic acids is 1. The number of nitrogens with zero attached hydrogens (tertiary/aromatic N) is 1. The highest BCUT2D eigenvalue weighted by atomic mass is 16.2. The Morgan fingerprint density at radius 3 is 2.90 bits per heavy atom. The maximum atomic E-state index is 10.5. The van der Waals surface area contributed by atoms with Crippen LogP contribution in [0.1, 0.15) is 6.92 Å². The lowest BCUT2D eigenvalue weighted by atomic mass is 10.4. The Kier molecular flexibility index (Phi) is 2.10. The highest BCUT2D eigenvalue weighted by Crippen LogP contribution is 1.92. The molecule has 1 N–H and O–H groups in total. The summed E-state index contributed by atoms with van der Waals surface area (Å²) in [4.78, 5) is 10.5. The fraction of sp³-hybridized carbons (Fsp3) is 0.286. The monoisotopic (exact) mass is 138 g/mol. The molecule has 10 heavy (non-hydrogen) atoms. The van der Waals surface area contributed by atoms with Gasteiger partial charge in [-0.15, -0.1) is 0 Å². The third-order valence-electron chi connectivity index (χ3n) is 1.12. The van der Waals surface area contributed by atoms with Gasteiger partial charge in [0.05, 0.1) is 6.54 Å². The van der Waals surface area contributed by atoms with Crippen LogP contribution in [-0.4, -0.2) is 17.5 Å².